The lowest BCUT2D eigenvalue weighted by molar-refractivity contribution is -0.167. The molecule has 0 N–H and O–H groups in total. The quantitative estimate of drug-likeness (QED) is 0.0262. The first-order valence-electron chi connectivity index (χ1n) is 27.7. The Morgan fingerprint density at radius 2 is 0.580 bits per heavy atom. The topological polar surface area (TPSA) is 78.9 Å². The maximum Gasteiger partial charge on any atom is 0.306 e. The molecule has 6 nitrogen and oxygen atoms in total. The van der Waals surface area contributed by atoms with E-state index in [4.69, 9.17) is 14.2 Å². The fourth-order valence-corrected chi connectivity index (χ4v) is 7.04. The van der Waals surface area contributed by atoms with E-state index < -0.39 is 6.10 Å². The van der Waals surface area contributed by atoms with Crippen molar-refractivity contribution in [3.05, 3.63) is 134 Å². The van der Waals surface area contributed by atoms with Crippen LogP contribution in [0.4, 0.5) is 0 Å². The largest absolute Gasteiger partial charge is 0.462 e. The molecule has 0 fully saturated rings. The van der Waals surface area contributed by atoms with E-state index in [0.29, 0.717) is 19.3 Å². The van der Waals surface area contributed by atoms with E-state index in [1.54, 1.807) is 0 Å². The Bertz CT molecular complexity index is 1510. The molecule has 388 valence electrons. The van der Waals surface area contributed by atoms with Gasteiger partial charge in [0.15, 0.2) is 6.10 Å². The Balaban J connectivity index is 4.59. The fourth-order valence-electron chi connectivity index (χ4n) is 7.04. The van der Waals surface area contributed by atoms with Crippen molar-refractivity contribution in [2.24, 2.45) is 0 Å². The molecule has 0 aromatic carbocycles. The Morgan fingerprint density at radius 3 is 0.957 bits per heavy atom. The van der Waals surface area contributed by atoms with Crippen LogP contribution >= 0.6 is 0 Å². The predicted molar refractivity (Wildman–Crippen MR) is 297 cm³/mol. The Morgan fingerprint density at radius 1 is 0.304 bits per heavy atom. The first-order valence-corrected chi connectivity index (χ1v) is 27.7. The van der Waals surface area contributed by atoms with Crippen molar-refractivity contribution >= 4 is 17.9 Å². The second kappa shape index (κ2) is 56.1. The smallest absolute Gasteiger partial charge is 0.306 e. The zero-order chi connectivity index (χ0) is 50.0. The maximum atomic E-state index is 12.8. The molecule has 0 bridgehead atoms. The van der Waals surface area contributed by atoms with Crippen LogP contribution < -0.4 is 0 Å². The lowest BCUT2D eigenvalue weighted by Crippen LogP contribution is -2.30. The van der Waals surface area contributed by atoms with E-state index >= 15 is 0 Å². The standard InChI is InChI=1S/C63H100O6/c1-4-7-10-13-16-19-22-25-28-31-34-37-40-43-46-49-52-55-61(64)67-58-60(69-63(66)57-54-51-48-45-42-39-36-33-30-27-24-21-18-15-12-9-6-3)59-68-62(65)56-53-50-47-44-41-38-35-32-29-26-23-20-17-14-11-8-5-2/h7,9-10,12,16,18-19,21,25-30,34,36-37,39,43,45-46,48,60H,4-6,8,11,13-15,17,20,22-24,31-33,35,38,40-42,44,47,49-59H2,1-3H3/b10-7-,12-9-,19-16-,21-18-,28-25-,29-26-,30-27-,37-34-,39-36-,46-43-,48-45-. The molecule has 0 radical (unpaired) electrons. The zero-order valence-corrected chi connectivity index (χ0v) is 44.3. The van der Waals surface area contributed by atoms with Crippen molar-refractivity contribution in [1.82, 2.24) is 0 Å². The molecule has 0 amide bonds. The highest BCUT2D eigenvalue weighted by Crippen LogP contribution is 2.13. The van der Waals surface area contributed by atoms with Gasteiger partial charge in [0.05, 0.1) is 0 Å². The molecule has 0 spiro atoms. The SMILES string of the molecule is CC/C=C\C/C=C\C/C=C\C/C=C\C/C=C\CCCC(=O)OCC(COC(=O)CCCCCCCCC/C=C\CCCCCCCC)OC(=O)CCC/C=C\C/C=C\C/C=C\C/C=C\C/C=C\CC. The Labute approximate surface area is 424 Å². The van der Waals surface area contributed by atoms with Crippen molar-refractivity contribution < 1.29 is 28.6 Å². The highest BCUT2D eigenvalue weighted by atomic mass is 16.6. The third-order valence-electron chi connectivity index (χ3n) is 11.1. The van der Waals surface area contributed by atoms with E-state index in [1.165, 1.54) is 77.0 Å². The number of allylic oxidation sites excluding steroid dienone is 22. The lowest BCUT2D eigenvalue weighted by atomic mass is 10.1. The fraction of sp³-hybridized carbons (Fsp3) is 0.603. The average Bonchev–Trinajstić information content (AvgIpc) is 3.35. The normalized spacial score (nSPS) is 13.1. The third-order valence-corrected chi connectivity index (χ3v) is 11.1. The molecule has 0 heterocycles. The van der Waals surface area contributed by atoms with E-state index in [2.05, 4.69) is 154 Å². The number of hydrogen-bond acceptors (Lipinski definition) is 6. The predicted octanol–water partition coefficient (Wildman–Crippen LogP) is 18.6. The van der Waals surface area contributed by atoms with Gasteiger partial charge in [-0.1, -0.05) is 219 Å². The summed E-state index contributed by atoms with van der Waals surface area (Å²) in [5.41, 5.74) is 0. The minimum atomic E-state index is -0.838. The summed E-state index contributed by atoms with van der Waals surface area (Å²) in [6.45, 7) is 6.30. The molecule has 1 unspecified atom stereocenters. The Kier molecular flexibility index (Phi) is 52.5. The number of carbonyl (C=O) groups is 3. The van der Waals surface area contributed by atoms with Crippen LogP contribution in [0.1, 0.15) is 226 Å². The average molecular weight is 953 g/mol. The van der Waals surface area contributed by atoms with Gasteiger partial charge in [-0.25, -0.2) is 0 Å². The van der Waals surface area contributed by atoms with Crippen molar-refractivity contribution in [2.45, 2.75) is 232 Å². The highest BCUT2D eigenvalue weighted by Gasteiger charge is 2.19. The molecule has 0 rings (SSSR count). The van der Waals surface area contributed by atoms with Gasteiger partial charge in [0.25, 0.3) is 0 Å². The number of carbonyl (C=O) groups excluding carboxylic acids is 3. The van der Waals surface area contributed by atoms with Gasteiger partial charge in [-0.15, -0.1) is 0 Å². The molecule has 0 aliphatic rings. The van der Waals surface area contributed by atoms with E-state index in [-0.39, 0.29) is 44.0 Å². The summed E-state index contributed by atoms with van der Waals surface area (Å²) in [5.74, 6) is -1.05. The molecule has 0 saturated carbocycles. The van der Waals surface area contributed by atoms with Gasteiger partial charge in [-0.05, 0) is 122 Å². The monoisotopic (exact) mass is 953 g/mol. The number of ether oxygens (including phenoxy) is 3. The second-order valence-corrected chi connectivity index (χ2v) is 17.7. The molecular formula is C63H100O6. The summed E-state index contributed by atoms with van der Waals surface area (Å²) in [6, 6.07) is 0. The molecule has 69 heavy (non-hydrogen) atoms. The van der Waals surface area contributed by atoms with Gasteiger partial charge >= 0.3 is 17.9 Å². The molecule has 0 aromatic heterocycles. The molecule has 6 heteroatoms. The number of hydrogen-bond donors (Lipinski definition) is 0. The van der Waals surface area contributed by atoms with Crippen molar-refractivity contribution in [2.75, 3.05) is 13.2 Å². The van der Waals surface area contributed by atoms with Crippen LogP contribution in [0.25, 0.3) is 0 Å². The van der Waals surface area contributed by atoms with Crippen molar-refractivity contribution in [1.29, 1.82) is 0 Å². The summed E-state index contributed by atoms with van der Waals surface area (Å²) in [6.07, 6.45) is 78.8. The van der Waals surface area contributed by atoms with Gasteiger partial charge < -0.3 is 14.2 Å². The van der Waals surface area contributed by atoms with Gasteiger partial charge in [0.2, 0.25) is 0 Å². The van der Waals surface area contributed by atoms with Crippen LogP contribution in [0.3, 0.4) is 0 Å². The number of esters is 3. The first kappa shape index (κ1) is 64.5. The van der Waals surface area contributed by atoms with Gasteiger partial charge in [-0.2, -0.15) is 0 Å². The molecule has 0 aliphatic carbocycles. The van der Waals surface area contributed by atoms with Crippen LogP contribution in [0.5, 0.6) is 0 Å². The minimum Gasteiger partial charge on any atom is -0.462 e. The van der Waals surface area contributed by atoms with Crippen LogP contribution in [-0.4, -0.2) is 37.2 Å². The van der Waals surface area contributed by atoms with Gasteiger partial charge in [-0.3, -0.25) is 14.4 Å². The van der Waals surface area contributed by atoms with E-state index in [9.17, 15) is 14.4 Å². The first-order chi connectivity index (χ1) is 34.0. The van der Waals surface area contributed by atoms with Crippen LogP contribution in [0.2, 0.25) is 0 Å². The van der Waals surface area contributed by atoms with Crippen LogP contribution in [-0.2, 0) is 28.6 Å². The molecule has 0 saturated heterocycles. The summed E-state index contributed by atoms with van der Waals surface area (Å²) in [7, 11) is 0. The lowest BCUT2D eigenvalue weighted by Gasteiger charge is -2.18. The molecule has 0 aromatic rings. The van der Waals surface area contributed by atoms with Crippen molar-refractivity contribution in [3.8, 4) is 0 Å². The van der Waals surface area contributed by atoms with Gasteiger partial charge in [0, 0.05) is 19.3 Å². The van der Waals surface area contributed by atoms with E-state index in [0.717, 1.165) is 96.3 Å². The molecular weight excluding hydrogens is 853 g/mol. The molecule has 1 atom stereocenters. The molecule has 0 aliphatic heterocycles. The Hall–Kier alpha value is -4.45. The summed E-state index contributed by atoms with van der Waals surface area (Å²) in [5, 5.41) is 0. The van der Waals surface area contributed by atoms with Crippen molar-refractivity contribution in [3.63, 3.8) is 0 Å². The highest BCUT2D eigenvalue weighted by molar-refractivity contribution is 5.71. The van der Waals surface area contributed by atoms with Crippen LogP contribution in [0.15, 0.2) is 134 Å². The third kappa shape index (κ3) is 54.4. The minimum absolute atomic E-state index is 0.125. The number of unbranched alkanes of at least 4 members (excludes halogenated alkanes) is 15. The van der Waals surface area contributed by atoms with Gasteiger partial charge in [0.1, 0.15) is 13.2 Å². The summed E-state index contributed by atoms with van der Waals surface area (Å²) in [4.78, 5) is 38.1. The van der Waals surface area contributed by atoms with Crippen LogP contribution in [0, 0.1) is 0 Å². The zero-order valence-electron chi connectivity index (χ0n) is 44.3. The second-order valence-electron chi connectivity index (χ2n) is 17.7. The maximum absolute atomic E-state index is 12.8. The summed E-state index contributed by atoms with van der Waals surface area (Å²) < 4.78 is 16.7. The van der Waals surface area contributed by atoms with E-state index in [1.807, 2.05) is 0 Å². The summed E-state index contributed by atoms with van der Waals surface area (Å²) >= 11 is 0. The number of rotatable bonds is 48.